The minimum atomic E-state index is -0.321. The van der Waals surface area contributed by atoms with Crippen LogP contribution in [0, 0.1) is 0 Å². The molecule has 0 bridgehead atoms. The zero-order chi connectivity index (χ0) is 34.1. The molecule has 0 radical (unpaired) electrons. The standard InChI is InChI=1S/C47H44O3/c1-2-3-16-34-24-26-38(27-25-34)47(48)50-44-33-39-29-28-36-19-15-20-37-30-31-42(46(39)45(36)37)41(44)22-11-6-4-5-7-14-32-49-43-23-13-12-21-40(43)35-17-9-8-10-18-35/h3,8-10,12-13,15-21,23-31,33H,2,4-7,11,14,22,32H2,1H3. The maximum atomic E-state index is 13.5. The number of ether oxygens (including phenoxy) is 2. The third-order valence-corrected chi connectivity index (χ3v) is 9.66. The van der Waals surface area contributed by atoms with Gasteiger partial charge in [0.25, 0.3) is 0 Å². The summed E-state index contributed by atoms with van der Waals surface area (Å²) in [4.78, 5) is 13.5. The quantitative estimate of drug-likeness (QED) is 0.0477. The lowest BCUT2D eigenvalue weighted by Crippen LogP contribution is -2.10. The Labute approximate surface area is 295 Å². The number of allylic oxidation sites excluding steroid dienone is 1. The summed E-state index contributed by atoms with van der Waals surface area (Å²) in [6.07, 6.45) is 12.7. The molecule has 7 aromatic carbocycles. The molecule has 0 amide bonds. The van der Waals surface area contributed by atoms with Gasteiger partial charge in [0, 0.05) is 11.1 Å². The van der Waals surface area contributed by atoms with Crippen molar-refractivity contribution in [2.75, 3.05) is 6.61 Å². The highest BCUT2D eigenvalue weighted by Gasteiger charge is 2.18. The molecule has 0 N–H and O–H groups in total. The van der Waals surface area contributed by atoms with E-state index < -0.39 is 0 Å². The number of hydrogen-bond acceptors (Lipinski definition) is 3. The molecule has 0 saturated carbocycles. The lowest BCUT2D eigenvalue weighted by Gasteiger charge is -2.18. The molecular weight excluding hydrogens is 613 g/mol. The van der Waals surface area contributed by atoms with Gasteiger partial charge >= 0.3 is 5.97 Å². The van der Waals surface area contributed by atoms with E-state index in [-0.39, 0.29) is 5.97 Å². The molecule has 7 aromatic rings. The van der Waals surface area contributed by atoms with Gasteiger partial charge in [-0.2, -0.15) is 0 Å². The Balaban J connectivity index is 1.00. The minimum Gasteiger partial charge on any atom is -0.493 e. The second kappa shape index (κ2) is 15.9. The van der Waals surface area contributed by atoms with Crippen LogP contribution in [0.15, 0.2) is 133 Å². The van der Waals surface area contributed by atoms with E-state index in [0.717, 1.165) is 73.0 Å². The van der Waals surface area contributed by atoms with Gasteiger partial charge in [0.1, 0.15) is 11.5 Å². The van der Waals surface area contributed by atoms with E-state index in [4.69, 9.17) is 9.47 Å². The van der Waals surface area contributed by atoms with Gasteiger partial charge in [-0.1, -0.05) is 148 Å². The number of hydrogen-bond donors (Lipinski definition) is 0. The smallest absolute Gasteiger partial charge is 0.343 e. The summed E-state index contributed by atoms with van der Waals surface area (Å²) in [5, 5.41) is 7.30. The summed E-state index contributed by atoms with van der Waals surface area (Å²) >= 11 is 0. The van der Waals surface area contributed by atoms with E-state index in [1.165, 1.54) is 45.3 Å². The van der Waals surface area contributed by atoms with Crippen LogP contribution in [0.25, 0.3) is 49.5 Å². The lowest BCUT2D eigenvalue weighted by atomic mass is 9.90. The Bertz CT molecular complexity index is 2200. The molecule has 50 heavy (non-hydrogen) atoms. The Hall–Kier alpha value is -5.41. The molecule has 0 atom stereocenters. The SMILES string of the molecule is CCC=Cc1ccc(C(=O)Oc2cc3ccc4cccc5ccc(c2CCCCCCCCOc2ccccc2-c2ccccc2)c3c45)cc1. The number of aryl methyl sites for hydroxylation is 1. The molecule has 0 aliphatic rings. The predicted molar refractivity (Wildman–Crippen MR) is 210 cm³/mol. The monoisotopic (exact) mass is 656 g/mol. The van der Waals surface area contributed by atoms with Gasteiger partial charge in [-0.3, -0.25) is 0 Å². The summed E-state index contributed by atoms with van der Waals surface area (Å²) < 4.78 is 12.4. The van der Waals surface area contributed by atoms with E-state index in [2.05, 4.69) is 110 Å². The third-order valence-electron chi connectivity index (χ3n) is 9.66. The van der Waals surface area contributed by atoms with E-state index in [1.807, 2.05) is 36.4 Å². The van der Waals surface area contributed by atoms with Gasteiger partial charge in [0.15, 0.2) is 0 Å². The van der Waals surface area contributed by atoms with Crippen LogP contribution in [-0.4, -0.2) is 12.6 Å². The molecule has 0 saturated heterocycles. The van der Waals surface area contributed by atoms with Crippen molar-refractivity contribution in [3.8, 4) is 22.6 Å². The van der Waals surface area contributed by atoms with Crippen LogP contribution >= 0.6 is 0 Å². The van der Waals surface area contributed by atoms with Crippen molar-refractivity contribution in [1.29, 1.82) is 0 Å². The maximum Gasteiger partial charge on any atom is 0.343 e. The molecule has 0 aliphatic carbocycles. The van der Waals surface area contributed by atoms with Crippen LogP contribution < -0.4 is 9.47 Å². The first kappa shape index (κ1) is 33.1. The summed E-state index contributed by atoms with van der Waals surface area (Å²) in [7, 11) is 0. The molecule has 250 valence electrons. The number of carbonyl (C=O) groups excluding carboxylic acids is 1. The van der Waals surface area contributed by atoms with Crippen LogP contribution in [0.1, 0.15) is 73.4 Å². The van der Waals surface area contributed by atoms with Crippen molar-refractivity contribution < 1.29 is 14.3 Å². The summed E-state index contributed by atoms with van der Waals surface area (Å²) in [6.45, 7) is 2.83. The van der Waals surface area contributed by atoms with Gasteiger partial charge in [0.2, 0.25) is 0 Å². The average molecular weight is 657 g/mol. The molecule has 0 aliphatic heterocycles. The number of benzene rings is 7. The molecule has 3 nitrogen and oxygen atoms in total. The third kappa shape index (κ3) is 7.43. The Morgan fingerprint density at radius 2 is 1.32 bits per heavy atom. The normalized spacial score (nSPS) is 11.6. The predicted octanol–water partition coefficient (Wildman–Crippen LogP) is 12.9. The highest BCUT2D eigenvalue weighted by atomic mass is 16.5. The number of para-hydroxylation sites is 1. The molecule has 3 heteroatoms. The molecule has 0 aromatic heterocycles. The minimum absolute atomic E-state index is 0.321. The van der Waals surface area contributed by atoms with Gasteiger partial charge in [-0.15, -0.1) is 0 Å². The Kier molecular flexibility index (Phi) is 10.5. The largest absolute Gasteiger partial charge is 0.493 e. The fourth-order valence-electron chi connectivity index (χ4n) is 7.08. The van der Waals surface area contributed by atoms with E-state index >= 15 is 0 Å². The van der Waals surface area contributed by atoms with Gasteiger partial charge < -0.3 is 9.47 Å². The van der Waals surface area contributed by atoms with Crippen molar-refractivity contribution >= 4 is 44.4 Å². The maximum absolute atomic E-state index is 13.5. The van der Waals surface area contributed by atoms with Crippen LogP contribution in [0.4, 0.5) is 0 Å². The first-order chi connectivity index (χ1) is 24.7. The van der Waals surface area contributed by atoms with Crippen molar-refractivity contribution in [3.05, 3.63) is 150 Å². The van der Waals surface area contributed by atoms with Crippen molar-refractivity contribution in [2.24, 2.45) is 0 Å². The van der Waals surface area contributed by atoms with Gasteiger partial charge in [-0.05, 0) is 93.4 Å². The van der Waals surface area contributed by atoms with E-state index in [9.17, 15) is 4.79 Å². The number of unbranched alkanes of at least 4 members (excludes halogenated alkanes) is 5. The molecule has 7 rings (SSSR count). The van der Waals surface area contributed by atoms with Gasteiger partial charge in [0.05, 0.1) is 12.2 Å². The number of esters is 1. The molecule has 0 heterocycles. The summed E-state index contributed by atoms with van der Waals surface area (Å²) in [5.41, 5.74) is 5.08. The molecule has 0 fully saturated rings. The number of rotatable bonds is 15. The highest BCUT2D eigenvalue weighted by Crippen LogP contribution is 2.41. The molecule has 0 spiro atoms. The average Bonchev–Trinajstić information content (AvgIpc) is 3.16. The van der Waals surface area contributed by atoms with Crippen LogP contribution in [0.5, 0.6) is 11.5 Å². The van der Waals surface area contributed by atoms with E-state index in [1.54, 1.807) is 0 Å². The zero-order valence-electron chi connectivity index (χ0n) is 28.9. The Morgan fingerprint density at radius 1 is 0.620 bits per heavy atom. The van der Waals surface area contributed by atoms with Crippen molar-refractivity contribution in [2.45, 2.75) is 58.3 Å². The summed E-state index contributed by atoms with van der Waals surface area (Å²) in [5.74, 6) is 1.30. The number of carbonyl (C=O) groups is 1. The second-order valence-corrected chi connectivity index (χ2v) is 13.1. The first-order valence-electron chi connectivity index (χ1n) is 18.1. The van der Waals surface area contributed by atoms with Crippen molar-refractivity contribution in [3.63, 3.8) is 0 Å². The molecule has 0 unspecified atom stereocenters. The fourth-order valence-corrected chi connectivity index (χ4v) is 7.08. The van der Waals surface area contributed by atoms with Crippen LogP contribution in [0.2, 0.25) is 0 Å². The topological polar surface area (TPSA) is 35.5 Å². The fraction of sp³-hybridized carbons (Fsp3) is 0.213. The molecular formula is C47H44O3. The summed E-state index contributed by atoms with van der Waals surface area (Å²) in [6, 6.07) is 43.7. The van der Waals surface area contributed by atoms with Crippen LogP contribution in [-0.2, 0) is 6.42 Å². The van der Waals surface area contributed by atoms with Gasteiger partial charge in [-0.25, -0.2) is 4.79 Å². The first-order valence-corrected chi connectivity index (χ1v) is 18.1. The Morgan fingerprint density at radius 3 is 2.12 bits per heavy atom. The van der Waals surface area contributed by atoms with Crippen molar-refractivity contribution in [1.82, 2.24) is 0 Å². The lowest BCUT2D eigenvalue weighted by molar-refractivity contribution is 0.0733. The van der Waals surface area contributed by atoms with Crippen LogP contribution in [0.3, 0.4) is 0 Å². The van der Waals surface area contributed by atoms with E-state index in [0.29, 0.717) is 11.3 Å². The second-order valence-electron chi connectivity index (χ2n) is 13.1. The zero-order valence-corrected chi connectivity index (χ0v) is 28.9. The highest BCUT2D eigenvalue weighted by molar-refractivity contribution is 6.24.